The SMILES string of the molecule is O=C(O)CCn1nccc1C(=O)Nc1cc(C(F)(F)F)ccc1Cl. The molecule has 0 atom stereocenters. The molecule has 2 N–H and O–H groups in total. The van der Waals surface area contributed by atoms with E-state index < -0.39 is 23.6 Å². The predicted octanol–water partition coefficient (Wildman–Crippen LogP) is 3.28. The van der Waals surface area contributed by atoms with E-state index in [0.29, 0.717) is 0 Å². The minimum absolute atomic E-state index is 0.00438. The quantitative estimate of drug-likeness (QED) is 0.856. The molecule has 0 radical (unpaired) electrons. The molecule has 0 aliphatic rings. The van der Waals surface area contributed by atoms with Crippen molar-refractivity contribution in [2.24, 2.45) is 0 Å². The van der Waals surface area contributed by atoms with Gasteiger partial charge in [-0.05, 0) is 24.3 Å². The van der Waals surface area contributed by atoms with Gasteiger partial charge in [-0.3, -0.25) is 14.3 Å². The molecule has 0 aliphatic carbocycles. The van der Waals surface area contributed by atoms with Crippen LogP contribution >= 0.6 is 11.6 Å². The molecule has 0 unspecified atom stereocenters. The summed E-state index contributed by atoms with van der Waals surface area (Å²) in [5.74, 6) is -1.82. The number of anilines is 1. The van der Waals surface area contributed by atoms with Crippen molar-refractivity contribution in [3.8, 4) is 0 Å². The van der Waals surface area contributed by atoms with E-state index in [2.05, 4.69) is 10.4 Å². The second kappa shape index (κ2) is 6.91. The summed E-state index contributed by atoms with van der Waals surface area (Å²) in [5, 5.41) is 14.7. The zero-order valence-corrected chi connectivity index (χ0v) is 12.7. The topological polar surface area (TPSA) is 84.2 Å². The third kappa shape index (κ3) is 4.25. The van der Waals surface area contributed by atoms with Gasteiger partial charge in [0.25, 0.3) is 5.91 Å². The van der Waals surface area contributed by atoms with Crippen molar-refractivity contribution in [1.29, 1.82) is 0 Å². The van der Waals surface area contributed by atoms with Crippen LogP contribution in [0.5, 0.6) is 0 Å². The Bertz CT molecular complexity index is 774. The first-order valence-corrected chi connectivity index (χ1v) is 6.98. The fourth-order valence-corrected chi connectivity index (χ4v) is 2.05. The zero-order chi connectivity index (χ0) is 17.9. The van der Waals surface area contributed by atoms with Crippen LogP contribution in [0.2, 0.25) is 5.02 Å². The van der Waals surface area contributed by atoms with Crippen molar-refractivity contribution in [2.75, 3.05) is 5.32 Å². The van der Waals surface area contributed by atoms with Crippen molar-refractivity contribution in [2.45, 2.75) is 19.1 Å². The molecule has 24 heavy (non-hydrogen) atoms. The van der Waals surface area contributed by atoms with Crippen molar-refractivity contribution in [1.82, 2.24) is 9.78 Å². The monoisotopic (exact) mass is 361 g/mol. The number of nitrogens with zero attached hydrogens (tertiary/aromatic N) is 2. The third-order valence-electron chi connectivity index (χ3n) is 3.03. The smallest absolute Gasteiger partial charge is 0.416 e. The Morgan fingerprint density at radius 2 is 2.00 bits per heavy atom. The number of rotatable bonds is 5. The number of nitrogens with one attached hydrogen (secondary N) is 1. The lowest BCUT2D eigenvalue weighted by atomic mass is 10.2. The van der Waals surface area contributed by atoms with Gasteiger partial charge in [-0.15, -0.1) is 0 Å². The summed E-state index contributed by atoms with van der Waals surface area (Å²) in [4.78, 5) is 22.8. The lowest BCUT2D eigenvalue weighted by Crippen LogP contribution is -2.19. The molecule has 1 aromatic heterocycles. The number of carbonyl (C=O) groups excluding carboxylic acids is 1. The normalized spacial score (nSPS) is 11.3. The number of benzene rings is 1. The molecule has 6 nitrogen and oxygen atoms in total. The number of aliphatic carboxylic acids is 1. The minimum Gasteiger partial charge on any atom is -0.481 e. The molecule has 2 rings (SSSR count). The van der Waals surface area contributed by atoms with Crippen molar-refractivity contribution in [3.05, 3.63) is 46.7 Å². The average Bonchev–Trinajstić information content (AvgIpc) is 2.94. The van der Waals surface area contributed by atoms with Gasteiger partial charge in [-0.25, -0.2) is 0 Å². The second-order valence-corrected chi connectivity index (χ2v) is 5.14. The van der Waals surface area contributed by atoms with Gasteiger partial charge in [0, 0.05) is 6.20 Å². The molecule has 0 aliphatic heterocycles. The Balaban J connectivity index is 2.21. The first-order chi connectivity index (χ1) is 11.2. The molecular formula is C14H11ClF3N3O3. The van der Waals surface area contributed by atoms with Gasteiger partial charge in [0.1, 0.15) is 5.69 Å². The molecule has 128 valence electrons. The maximum absolute atomic E-state index is 12.7. The van der Waals surface area contributed by atoms with Gasteiger partial charge < -0.3 is 10.4 Å². The minimum atomic E-state index is -4.58. The van der Waals surface area contributed by atoms with Crippen LogP contribution < -0.4 is 5.32 Å². The van der Waals surface area contributed by atoms with Crippen LogP contribution in [0.4, 0.5) is 18.9 Å². The Morgan fingerprint density at radius 3 is 2.62 bits per heavy atom. The number of hydrogen-bond donors (Lipinski definition) is 2. The van der Waals surface area contributed by atoms with E-state index in [9.17, 15) is 22.8 Å². The number of carboxylic acids is 1. The molecule has 0 spiro atoms. The third-order valence-corrected chi connectivity index (χ3v) is 3.36. The highest BCUT2D eigenvalue weighted by atomic mass is 35.5. The van der Waals surface area contributed by atoms with E-state index >= 15 is 0 Å². The van der Waals surface area contributed by atoms with Gasteiger partial charge in [0.05, 0.1) is 29.2 Å². The van der Waals surface area contributed by atoms with Crippen LogP contribution in [-0.2, 0) is 17.5 Å². The molecule has 0 bridgehead atoms. The van der Waals surface area contributed by atoms with E-state index in [4.69, 9.17) is 16.7 Å². The summed E-state index contributed by atoms with van der Waals surface area (Å²) < 4.78 is 39.3. The number of amides is 1. The van der Waals surface area contributed by atoms with Crippen LogP contribution in [-0.4, -0.2) is 26.8 Å². The largest absolute Gasteiger partial charge is 0.481 e. The first kappa shape index (κ1) is 17.8. The van der Waals surface area contributed by atoms with Crippen molar-refractivity contribution < 1.29 is 27.9 Å². The van der Waals surface area contributed by atoms with Crippen LogP contribution in [0.15, 0.2) is 30.5 Å². The fraction of sp³-hybridized carbons (Fsp3) is 0.214. The van der Waals surface area contributed by atoms with Crippen LogP contribution in [0, 0.1) is 0 Å². The Kier molecular flexibility index (Phi) is 5.13. The number of halogens is 4. The van der Waals surface area contributed by atoms with Gasteiger partial charge in [0.15, 0.2) is 0 Å². The van der Waals surface area contributed by atoms with Gasteiger partial charge in [0.2, 0.25) is 0 Å². The summed E-state index contributed by atoms with van der Waals surface area (Å²) in [6.07, 6.45) is -3.55. The zero-order valence-electron chi connectivity index (χ0n) is 12.0. The van der Waals surface area contributed by atoms with Crippen molar-refractivity contribution >= 4 is 29.2 Å². The highest BCUT2D eigenvalue weighted by Crippen LogP contribution is 2.33. The summed E-state index contributed by atoms with van der Waals surface area (Å²) in [7, 11) is 0. The molecule has 1 aromatic carbocycles. The lowest BCUT2D eigenvalue weighted by Gasteiger charge is -2.12. The first-order valence-electron chi connectivity index (χ1n) is 6.60. The van der Waals surface area contributed by atoms with Gasteiger partial charge >= 0.3 is 12.1 Å². The maximum Gasteiger partial charge on any atom is 0.416 e. The van der Waals surface area contributed by atoms with Crippen LogP contribution in [0.1, 0.15) is 22.5 Å². The summed E-state index contributed by atoms with van der Waals surface area (Å²) in [6, 6.07) is 3.87. The highest BCUT2D eigenvalue weighted by Gasteiger charge is 2.31. The van der Waals surface area contributed by atoms with Crippen LogP contribution in [0.3, 0.4) is 0 Å². The van der Waals surface area contributed by atoms with E-state index in [1.165, 1.54) is 12.3 Å². The summed E-state index contributed by atoms with van der Waals surface area (Å²) >= 11 is 5.81. The number of carboxylic acid groups (broad SMARTS) is 1. The molecule has 0 saturated heterocycles. The Labute approximate surface area is 138 Å². The number of alkyl halides is 3. The Morgan fingerprint density at radius 1 is 1.29 bits per heavy atom. The molecule has 1 amide bonds. The molecule has 0 fully saturated rings. The highest BCUT2D eigenvalue weighted by molar-refractivity contribution is 6.33. The average molecular weight is 362 g/mol. The van der Waals surface area contributed by atoms with Crippen LogP contribution in [0.25, 0.3) is 0 Å². The lowest BCUT2D eigenvalue weighted by molar-refractivity contribution is -0.138. The fourth-order valence-electron chi connectivity index (χ4n) is 1.89. The number of hydrogen-bond acceptors (Lipinski definition) is 3. The number of aryl methyl sites for hydroxylation is 1. The summed E-state index contributed by atoms with van der Waals surface area (Å²) in [6.45, 7) is -0.0542. The maximum atomic E-state index is 12.7. The van der Waals surface area contributed by atoms with E-state index in [1.54, 1.807) is 0 Å². The standard InChI is InChI=1S/C14H11ClF3N3O3/c15-9-2-1-8(14(16,17)18)7-10(9)20-13(24)11-3-5-19-21(11)6-4-12(22)23/h1-3,5,7H,4,6H2,(H,20,24)(H,22,23). The molecular weight excluding hydrogens is 351 g/mol. The molecule has 10 heteroatoms. The summed E-state index contributed by atoms with van der Waals surface area (Å²) in [5.41, 5.74) is -1.16. The second-order valence-electron chi connectivity index (χ2n) is 4.73. The number of aromatic nitrogens is 2. The Hall–Kier alpha value is -2.55. The predicted molar refractivity (Wildman–Crippen MR) is 78.9 cm³/mol. The molecule has 1 heterocycles. The van der Waals surface area contributed by atoms with Crippen molar-refractivity contribution in [3.63, 3.8) is 0 Å². The van der Waals surface area contributed by atoms with E-state index in [1.807, 2.05) is 0 Å². The number of carbonyl (C=O) groups is 2. The van der Waals surface area contributed by atoms with E-state index in [-0.39, 0.29) is 29.4 Å². The van der Waals surface area contributed by atoms with Gasteiger partial charge in [-0.1, -0.05) is 11.6 Å². The van der Waals surface area contributed by atoms with Gasteiger partial charge in [-0.2, -0.15) is 18.3 Å². The van der Waals surface area contributed by atoms with E-state index in [0.717, 1.165) is 22.9 Å². The molecule has 2 aromatic rings. The molecule has 0 saturated carbocycles.